The molecule has 140 valence electrons. The molecule has 1 fully saturated rings. The number of thioether (sulfide) groups is 1. The molecule has 2 amide bonds. The topological polar surface area (TPSA) is 52.7 Å². The monoisotopic (exact) mass is 401 g/mol. The normalized spacial score (nSPS) is 15.6. The van der Waals surface area contributed by atoms with Crippen molar-refractivity contribution in [3.05, 3.63) is 63.5 Å². The average molecular weight is 402 g/mol. The lowest BCUT2D eigenvalue weighted by Crippen LogP contribution is -2.33. The molecule has 0 aromatic heterocycles. The van der Waals surface area contributed by atoms with Crippen LogP contribution >= 0.6 is 23.4 Å². The van der Waals surface area contributed by atoms with Crippen molar-refractivity contribution in [1.29, 1.82) is 0 Å². The SMILES string of the molecule is Cc1c(Cl)cccc1NCN1C(=O)S/C(=C\c2ccc(N(C)C)cc2)C1=O. The summed E-state index contributed by atoms with van der Waals surface area (Å²) in [5, 5.41) is 3.46. The molecule has 1 heterocycles. The Morgan fingerprint density at radius 1 is 1.15 bits per heavy atom. The number of carbonyl (C=O) groups excluding carboxylic acids is 2. The van der Waals surface area contributed by atoms with Gasteiger partial charge in [0, 0.05) is 30.5 Å². The van der Waals surface area contributed by atoms with Gasteiger partial charge in [0.1, 0.15) is 0 Å². The number of rotatable bonds is 5. The number of benzene rings is 2. The Balaban J connectivity index is 1.71. The van der Waals surface area contributed by atoms with E-state index in [2.05, 4.69) is 5.32 Å². The Kier molecular flexibility index (Phi) is 5.77. The second-order valence-electron chi connectivity index (χ2n) is 6.34. The number of carbonyl (C=O) groups is 2. The molecule has 0 aliphatic carbocycles. The molecular weight excluding hydrogens is 382 g/mol. The van der Waals surface area contributed by atoms with E-state index in [4.69, 9.17) is 11.6 Å². The Morgan fingerprint density at radius 2 is 1.85 bits per heavy atom. The maximum absolute atomic E-state index is 12.6. The summed E-state index contributed by atoms with van der Waals surface area (Å²) in [7, 11) is 3.93. The van der Waals surface area contributed by atoms with E-state index in [0.717, 1.165) is 34.3 Å². The standard InChI is InChI=1S/C20H20ClN3O2S/c1-13-16(21)5-4-6-17(13)22-12-24-19(25)18(27-20(24)26)11-14-7-9-15(10-8-14)23(2)3/h4-11,22H,12H2,1-3H3/b18-11-. The van der Waals surface area contributed by atoms with Crippen LogP contribution < -0.4 is 10.2 Å². The summed E-state index contributed by atoms with van der Waals surface area (Å²) in [5.74, 6) is -0.297. The Morgan fingerprint density at radius 3 is 2.52 bits per heavy atom. The fraction of sp³-hybridized carbons (Fsp3) is 0.200. The van der Waals surface area contributed by atoms with Crippen molar-refractivity contribution in [2.45, 2.75) is 6.92 Å². The van der Waals surface area contributed by atoms with E-state index in [1.54, 1.807) is 12.1 Å². The lowest BCUT2D eigenvalue weighted by Gasteiger charge is -2.16. The van der Waals surface area contributed by atoms with Crippen LogP contribution in [0.4, 0.5) is 16.2 Å². The largest absolute Gasteiger partial charge is 0.378 e. The zero-order valence-corrected chi connectivity index (χ0v) is 16.9. The smallest absolute Gasteiger partial charge is 0.295 e. The van der Waals surface area contributed by atoms with Crippen LogP contribution in [0.15, 0.2) is 47.4 Å². The molecule has 1 saturated heterocycles. The summed E-state index contributed by atoms with van der Waals surface area (Å²) in [4.78, 5) is 28.5. The van der Waals surface area contributed by atoms with Gasteiger partial charge < -0.3 is 10.2 Å². The minimum atomic E-state index is -0.297. The van der Waals surface area contributed by atoms with Crippen LogP contribution in [-0.4, -0.2) is 36.8 Å². The maximum Gasteiger partial charge on any atom is 0.295 e. The molecule has 2 aromatic rings. The van der Waals surface area contributed by atoms with Gasteiger partial charge in [0.2, 0.25) is 0 Å². The summed E-state index contributed by atoms with van der Waals surface area (Å²) in [5.41, 5.74) is 3.62. The van der Waals surface area contributed by atoms with Crippen LogP contribution in [0.1, 0.15) is 11.1 Å². The highest BCUT2D eigenvalue weighted by Crippen LogP contribution is 2.32. The van der Waals surface area contributed by atoms with Crippen LogP contribution in [0.5, 0.6) is 0 Å². The first kappa shape index (κ1) is 19.3. The minimum Gasteiger partial charge on any atom is -0.378 e. The van der Waals surface area contributed by atoms with E-state index in [0.29, 0.717) is 9.93 Å². The van der Waals surface area contributed by atoms with Crippen molar-refractivity contribution >= 4 is 52.0 Å². The van der Waals surface area contributed by atoms with Gasteiger partial charge in [-0.05, 0) is 60.2 Å². The van der Waals surface area contributed by atoms with Crippen molar-refractivity contribution in [3.63, 3.8) is 0 Å². The highest BCUT2D eigenvalue weighted by atomic mass is 35.5. The average Bonchev–Trinajstić information content (AvgIpc) is 2.90. The number of hydrogen-bond acceptors (Lipinski definition) is 5. The number of hydrogen-bond donors (Lipinski definition) is 1. The summed E-state index contributed by atoms with van der Waals surface area (Å²) in [6.07, 6.45) is 1.75. The molecule has 7 heteroatoms. The van der Waals surface area contributed by atoms with Gasteiger partial charge in [0.25, 0.3) is 11.1 Å². The molecule has 2 aromatic carbocycles. The van der Waals surface area contributed by atoms with Crippen LogP contribution in [0.25, 0.3) is 6.08 Å². The van der Waals surface area contributed by atoms with Crippen LogP contribution in [0, 0.1) is 6.92 Å². The third-order valence-corrected chi connectivity index (χ3v) is 5.59. The molecule has 0 atom stereocenters. The van der Waals surface area contributed by atoms with Crippen LogP contribution in [0.3, 0.4) is 0 Å². The van der Waals surface area contributed by atoms with E-state index in [9.17, 15) is 9.59 Å². The molecule has 0 radical (unpaired) electrons. The number of imide groups is 1. The van der Waals surface area contributed by atoms with E-state index in [1.807, 2.05) is 62.3 Å². The van der Waals surface area contributed by atoms with Crippen molar-refractivity contribution < 1.29 is 9.59 Å². The van der Waals surface area contributed by atoms with Gasteiger partial charge in [-0.15, -0.1) is 0 Å². The van der Waals surface area contributed by atoms with Gasteiger partial charge >= 0.3 is 0 Å². The number of nitrogens with one attached hydrogen (secondary N) is 1. The molecule has 0 saturated carbocycles. The second-order valence-corrected chi connectivity index (χ2v) is 7.74. The molecule has 27 heavy (non-hydrogen) atoms. The number of anilines is 2. The molecule has 1 N–H and O–H groups in total. The highest BCUT2D eigenvalue weighted by Gasteiger charge is 2.34. The zero-order valence-electron chi connectivity index (χ0n) is 15.3. The second kappa shape index (κ2) is 8.06. The van der Waals surface area contributed by atoms with Crippen molar-refractivity contribution in [2.24, 2.45) is 0 Å². The maximum atomic E-state index is 12.6. The molecular formula is C20H20ClN3O2S. The predicted octanol–water partition coefficient (Wildman–Crippen LogP) is 4.82. The number of amides is 2. The van der Waals surface area contributed by atoms with Gasteiger partial charge in [0.05, 0.1) is 11.6 Å². The van der Waals surface area contributed by atoms with Gasteiger partial charge in [0.15, 0.2) is 0 Å². The Bertz CT molecular complexity index is 910. The first-order valence-electron chi connectivity index (χ1n) is 8.38. The van der Waals surface area contributed by atoms with E-state index >= 15 is 0 Å². The molecule has 0 bridgehead atoms. The Hall–Kier alpha value is -2.44. The van der Waals surface area contributed by atoms with E-state index in [1.165, 1.54) is 4.90 Å². The minimum absolute atomic E-state index is 0.1000. The summed E-state index contributed by atoms with van der Waals surface area (Å²) in [6, 6.07) is 13.3. The lowest BCUT2D eigenvalue weighted by atomic mass is 10.2. The first-order chi connectivity index (χ1) is 12.9. The quantitative estimate of drug-likeness (QED) is 0.728. The highest BCUT2D eigenvalue weighted by molar-refractivity contribution is 8.18. The summed E-state index contributed by atoms with van der Waals surface area (Å²) < 4.78 is 0. The van der Waals surface area contributed by atoms with Gasteiger partial charge in [-0.1, -0.05) is 29.8 Å². The molecule has 5 nitrogen and oxygen atoms in total. The third-order valence-electron chi connectivity index (χ3n) is 4.28. The van der Waals surface area contributed by atoms with Crippen molar-refractivity contribution in [3.8, 4) is 0 Å². The van der Waals surface area contributed by atoms with E-state index < -0.39 is 0 Å². The number of halogens is 1. The number of nitrogens with zero attached hydrogens (tertiary/aromatic N) is 2. The third kappa shape index (κ3) is 4.28. The van der Waals surface area contributed by atoms with E-state index in [-0.39, 0.29) is 17.8 Å². The summed E-state index contributed by atoms with van der Waals surface area (Å²) in [6.45, 7) is 1.98. The first-order valence-corrected chi connectivity index (χ1v) is 9.58. The molecule has 1 aliphatic heterocycles. The molecule has 0 spiro atoms. The lowest BCUT2D eigenvalue weighted by molar-refractivity contribution is -0.122. The fourth-order valence-corrected chi connectivity index (χ4v) is 3.63. The predicted molar refractivity (Wildman–Crippen MR) is 113 cm³/mol. The van der Waals surface area contributed by atoms with Gasteiger partial charge in [-0.25, -0.2) is 0 Å². The summed E-state index contributed by atoms with van der Waals surface area (Å²) >= 11 is 7.06. The van der Waals surface area contributed by atoms with Crippen molar-refractivity contribution in [1.82, 2.24) is 4.90 Å². The molecule has 3 rings (SSSR count). The Labute approximate surface area is 168 Å². The van der Waals surface area contributed by atoms with Crippen molar-refractivity contribution in [2.75, 3.05) is 31.0 Å². The molecule has 0 unspecified atom stereocenters. The van der Waals surface area contributed by atoms with Crippen LogP contribution in [0.2, 0.25) is 5.02 Å². The fourth-order valence-electron chi connectivity index (χ4n) is 2.62. The van der Waals surface area contributed by atoms with Crippen LogP contribution in [-0.2, 0) is 4.79 Å². The molecule has 1 aliphatic rings. The van der Waals surface area contributed by atoms with Gasteiger partial charge in [-0.3, -0.25) is 14.5 Å². The van der Waals surface area contributed by atoms with Gasteiger partial charge in [-0.2, -0.15) is 0 Å². The zero-order chi connectivity index (χ0) is 19.6.